The van der Waals surface area contributed by atoms with Crippen LogP contribution in [0, 0.1) is 0 Å². The molecule has 0 spiro atoms. The number of nitrogens with two attached hydrogens (primary N) is 1. The van der Waals surface area contributed by atoms with Gasteiger partial charge in [0.1, 0.15) is 0 Å². The number of hydrogen-bond acceptors (Lipinski definition) is 3. The summed E-state index contributed by atoms with van der Waals surface area (Å²) in [6, 6.07) is 8.16. The third-order valence-electron chi connectivity index (χ3n) is 3.44. The second kappa shape index (κ2) is 7.98. The molecule has 3 nitrogen and oxygen atoms in total. The molecule has 0 saturated carbocycles. The quantitative estimate of drug-likeness (QED) is 0.719. The maximum atomic E-state index is 5.72. The lowest BCUT2D eigenvalue weighted by molar-refractivity contribution is 0.301. The van der Waals surface area contributed by atoms with Gasteiger partial charge in [-0.15, -0.1) is 0 Å². The molecule has 0 saturated heterocycles. The van der Waals surface area contributed by atoms with E-state index in [0.717, 1.165) is 31.9 Å². The second-order valence-corrected chi connectivity index (χ2v) is 4.55. The van der Waals surface area contributed by atoms with Gasteiger partial charge in [-0.1, -0.05) is 13.8 Å². The first kappa shape index (κ1) is 14.8. The zero-order chi connectivity index (χ0) is 13.4. The molecular weight excluding hydrogens is 222 g/mol. The fourth-order valence-corrected chi connectivity index (χ4v) is 2.18. The molecule has 0 bridgehead atoms. The molecule has 3 heteroatoms. The van der Waals surface area contributed by atoms with Gasteiger partial charge in [-0.3, -0.25) is 0 Å². The summed E-state index contributed by atoms with van der Waals surface area (Å²) in [5, 5.41) is 0. The summed E-state index contributed by atoms with van der Waals surface area (Å²) in [6.45, 7) is 12.3. The summed E-state index contributed by atoms with van der Waals surface area (Å²) in [5.74, 6) is 0. The van der Waals surface area contributed by atoms with Crippen LogP contribution >= 0.6 is 0 Å². The predicted molar refractivity (Wildman–Crippen MR) is 81.1 cm³/mol. The van der Waals surface area contributed by atoms with Crippen LogP contribution < -0.4 is 10.6 Å². The number of hydrogen-bond donors (Lipinski definition) is 1. The largest absolute Gasteiger partial charge is 0.399 e. The molecule has 0 aliphatic carbocycles. The van der Waals surface area contributed by atoms with Crippen molar-refractivity contribution in [3.05, 3.63) is 24.3 Å². The van der Waals surface area contributed by atoms with Crippen LogP contribution in [0.15, 0.2) is 24.3 Å². The molecule has 18 heavy (non-hydrogen) atoms. The molecule has 0 aliphatic rings. The van der Waals surface area contributed by atoms with Gasteiger partial charge in [0.25, 0.3) is 0 Å². The third-order valence-corrected chi connectivity index (χ3v) is 3.44. The summed E-state index contributed by atoms with van der Waals surface area (Å²) in [7, 11) is 0. The van der Waals surface area contributed by atoms with E-state index in [1.54, 1.807) is 0 Å². The number of rotatable bonds is 8. The molecule has 0 heterocycles. The van der Waals surface area contributed by atoms with Crippen LogP contribution in [-0.4, -0.2) is 37.6 Å². The fourth-order valence-electron chi connectivity index (χ4n) is 2.18. The van der Waals surface area contributed by atoms with Crippen LogP contribution in [0.3, 0.4) is 0 Å². The Morgan fingerprint density at radius 3 is 2.00 bits per heavy atom. The lowest BCUT2D eigenvalue weighted by atomic mass is 10.2. The first-order valence-corrected chi connectivity index (χ1v) is 7.04. The average molecular weight is 249 g/mol. The van der Waals surface area contributed by atoms with E-state index in [2.05, 4.69) is 42.7 Å². The minimum absolute atomic E-state index is 0.831. The maximum absolute atomic E-state index is 5.72. The standard InChI is InChI=1S/C15H27N3/c1-4-17(5-2)12-7-13-18(6-3)15-10-8-14(16)9-11-15/h8-11H,4-7,12-13,16H2,1-3H3. The Kier molecular flexibility index (Phi) is 6.58. The first-order chi connectivity index (χ1) is 8.71. The number of benzene rings is 1. The van der Waals surface area contributed by atoms with Crippen LogP contribution in [0.1, 0.15) is 27.2 Å². The molecule has 1 rings (SSSR count). The predicted octanol–water partition coefficient (Wildman–Crippen LogP) is 2.83. The van der Waals surface area contributed by atoms with E-state index in [1.165, 1.54) is 18.7 Å². The van der Waals surface area contributed by atoms with Crippen molar-refractivity contribution in [3.63, 3.8) is 0 Å². The van der Waals surface area contributed by atoms with Gasteiger partial charge in [0.2, 0.25) is 0 Å². The summed E-state index contributed by atoms with van der Waals surface area (Å²) in [6.07, 6.45) is 1.21. The summed E-state index contributed by atoms with van der Waals surface area (Å²) in [4.78, 5) is 4.87. The van der Waals surface area contributed by atoms with Crippen molar-refractivity contribution in [1.82, 2.24) is 4.90 Å². The summed E-state index contributed by atoms with van der Waals surface area (Å²) < 4.78 is 0. The summed E-state index contributed by atoms with van der Waals surface area (Å²) in [5.41, 5.74) is 7.82. The average Bonchev–Trinajstić information content (AvgIpc) is 2.41. The molecule has 1 aromatic carbocycles. The van der Waals surface area contributed by atoms with Crippen LogP contribution in [-0.2, 0) is 0 Å². The molecule has 1 aromatic rings. The van der Waals surface area contributed by atoms with Gasteiger partial charge in [-0.05, 0) is 57.2 Å². The normalized spacial score (nSPS) is 10.9. The Hall–Kier alpha value is -1.22. The molecule has 0 amide bonds. The van der Waals surface area contributed by atoms with Crippen LogP contribution in [0.4, 0.5) is 11.4 Å². The van der Waals surface area contributed by atoms with Crippen molar-refractivity contribution < 1.29 is 0 Å². The summed E-state index contributed by atoms with van der Waals surface area (Å²) >= 11 is 0. The molecule has 0 unspecified atom stereocenters. The Bertz CT molecular complexity index is 317. The Labute approximate surface area is 112 Å². The Morgan fingerprint density at radius 2 is 1.50 bits per heavy atom. The SMILES string of the molecule is CCN(CC)CCCN(CC)c1ccc(N)cc1. The lowest BCUT2D eigenvalue weighted by Crippen LogP contribution is -2.29. The Balaban J connectivity index is 2.44. The van der Waals surface area contributed by atoms with Crippen LogP contribution in [0.5, 0.6) is 0 Å². The van der Waals surface area contributed by atoms with E-state index in [1.807, 2.05) is 12.1 Å². The topological polar surface area (TPSA) is 32.5 Å². The zero-order valence-corrected chi connectivity index (χ0v) is 12.0. The van der Waals surface area contributed by atoms with E-state index in [0.29, 0.717) is 0 Å². The smallest absolute Gasteiger partial charge is 0.0367 e. The minimum atomic E-state index is 0.831. The van der Waals surface area contributed by atoms with E-state index in [-0.39, 0.29) is 0 Å². The van der Waals surface area contributed by atoms with Gasteiger partial charge in [0, 0.05) is 24.5 Å². The molecule has 0 radical (unpaired) electrons. The molecule has 102 valence electrons. The van der Waals surface area contributed by atoms with E-state index < -0.39 is 0 Å². The number of nitrogens with zero attached hydrogens (tertiary/aromatic N) is 2. The van der Waals surface area contributed by atoms with Crippen molar-refractivity contribution in [2.75, 3.05) is 43.4 Å². The monoisotopic (exact) mass is 249 g/mol. The third kappa shape index (κ3) is 4.57. The minimum Gasteiger partial charge on any atom is -0.399 e. The highest BCUT2D eigenvalue weighted by molar-refractivity contribution is 5.52. The van der Waals surface area contributed by atoms with E-state index in [9.17, 15) is 0 Å². The Morgan fingerprint density at radius 1 is 0.889 bits per heavy atom. The highest BCUT2D eigenvalue weighted by Gasteiger charge is 2.05. The van der Waals surface area contributed by atoms with Crippen molar-refractivity contribution in [1.29, 1.82) is 0 Å². The number of anilines is 2. The molecule has 0 atom stereocenters. The number of nitrogen functional groups attached to an aromatic ring is 1. The van der Waals surface area contributed by atoms with Crippen molar-refractivity contribution >= 4 is 11.4 Å². The van der Waals surface area contributed by atoms with Gasteiger partial charge in [-0.2, -0.15) is 0 Å². The molecular formula is C15H27N3. The molecule has 0 aromatic heterocycles. The van der Waals surface area contributed by atoms with Crippen molar-refractivity contribution in [2.45, 2.75) is 27.2 Å². The van der Waals surface area contributed by atoms with Crippen molar-refractivity contribution in [3.8, 4) is 0 Å². The molecule has 0 fully saturated rings. The van der Waals surface area contributed by atoms with Gasteiger partial charge in [0.05, 0.1) is 0 Å². The van der Waals surface area contributed by atoms with Crippen molar-refractivity contribution in [2.24, 2.45) is 0 Å². The van der Waals surface area contributed by atoms with Crippen LogP contribution in [0.25, 0.3) is 0 Å². The van der Waals surface area contributed by atoms with E-state index in [4.69, 9.17) is 5.73 Å². The maximum Gasteiger partial charge on any atom is 0.0367 e. The van der Waals surface area contributed by atoms with E-state index >= 15 is 0 Å². The lowest BCUT2D eigenvalue weighted by Gasteiger charge is -2.25. The molecule has 2 N–H and O–H groups in total. The zero-order valence-electron chi connectivity index (χ0n) is 12.0. The van der Waals surface area contributed by atoms with Gasteiger partial charge in [-0.25, -0.2) is 0 Å². The first-order valence-electron chi connectivity index (χ1n) is 7.04. The van der Waals surface area contributed by atoms with Gasteiger partial charge in [0.15, 0.2) is 0 Å². The van der Waals surface area contributed by atoms with Crippen LogP contribution in [0.2, 0.25) is 0 Å². The molecule has 0 aliphatic heterocycles. The van der Waals surface area contributed by atoms with Gasteiger partial charge >= 0.3 is 0 Å². The highest BCUT2D eigenvalue weighted by Crippen LogP contribution is 2.16. The second-order valence-electron chi connectivity index (χ2n) is 4.55. The van der Waals surface area contributed by atoms with Gasteiger partial charge < -0.3 is 15.5 Å². The highest BCUT2D eigenvalue weighted by atomic mass is 15.1. The fraction of sp³-hybridized carbons (Fsp3) is 0.600.